The monoisotopic (exact) mass is 397 g/mol. The molecule has 0 aliphatic carbocycles. The van der Waals surface area contributed by atoms with Crippen LogP contribution in [0.15, 0.2) is 67.1 Å². The van der Waals surface area contributed by atoms with E-state index in [0.717, 1.165) is 22.6 Å². The SMILES string of the molecule is OCCO.[Ru].c1ccc(-c2cccnc2-c2ccccn2)nc1. The average Bonchev–Trinajstić information content (AvgIpc) is 2.63. The molecule has 0 atom stereocenters. The molecular weight excluding hydrogens is 379 g/mol. The van der Waals surface area contributed by atoms with Gasteiger partial charge in [0.2, 0.25) is 0 Å². The Morgan fingerprint density at radius 2 is 1.22 bits per heavy atom. The maximum absolute atomic E-state index is 7.62. The van der Waals surface area contributed by atoms with Crippen LogP contribution in [0, 0.1) is 0 Å². The molecule has 23 heavy (non-hydrogen) atoms. The van der Waals surface area contributed by atoms with E-state index >= 15 is 0 Å². The first-order valence-electron chi connectivity index (χ1n) is 6.86. The Morgan fingerprint density at radius 1 is 0.652 bits per heavy atom. The van der Waals surface area contributed by atoms with Crippen molar-refractivity contribution in [2.75, 3.05) is 13.2 Å². The first-order chi connectivity index (χ1) is 10.9. The molecule has 6 heteroatoms. The molecule has 3 rings (SSSR count). The Bertz CT molecular complexity index is 621. The number of hydrogen-bond acceptors (Lipinski definition) is 5. The van der Waals surface area contributed by atoms with Gasteiger partial charge in [0.25, 0.3) is 0 Å². The number of nitrogens with zero attached hydrogens (tertiary/aromatic N) is 3. The number of hydrogen-bond donors (Lipinski definition) is 2. The van der Waals surface area contributed by atoms with Gasteiger partial charge in [-0.3, -0.25) is 15.0 Å². The number of aliphatic hydroxyl groups is 2. The zero-order chi connectivity index (χ0) is 15.6. The third-order valence-electron chi connectivity index (χ3n) is 2.76. The molecule has 5 nitrogen and oxygen atoms in total. The molecule has 0 radical (unpaired) electrons. The van der Waals surface area contributed by atoms with E-state index in [0.29, 0.717) is 0 Å². The summed E-state index contributed by atoms with van der Waals surface area (Å²) in [6.07, 6.45) is 5.33. The quantitative estimate of drug-likeness (QED) is 0.664. The molecule has 2 N–H and O–H groups in total. The summed E-state index contributed by atoms with van der Waals surface area (Å²) in [7, 11) is 0. The summed E-state index contributed by atoms with van der Waals surface area (Å²) >= 11 is 0. The minimum absolute atomic E-state index is 0. The van der Waals surface area contributed by atoms with Crippen LogP contribution < -0.4 is 0 Å². The van der Waals surface area contributed by atoms with Crippen LogP contribution >= 0.6 is 0 Å². The van der Waals surface area contributed by atoms with Crippen LogP contribution in [-0.4, -0.2) is 38.4 Å². The van der Waals surface area contributed by atoms with E-state index in [9.17, 15) is 0 Å². The fraction of sp³-hybridized carbons (Fsp3) is 0.118. The molecule has 0 saturated heterocycles. The average molecular weight is 396 g/mol. The predicted octanol–water partition coefficient (Wildman–Crippen LogP) is 2.17. The van der Waals surface area contributed by atoms with E-state index in [1.165, 1.54) is 0 Å². The van der Waals surface area contributed by atoms with Gasteiger partial charge in [0, 0.05) is 43.6 Å². The van der Waals surface area contributed by atoms with Gasteiger partial charge in [-0.05, 0) is 36.4 Å². The number of rotatable bonds is 3. The van der Waals surface area contributed by atoms with Gasteiger partial charge in [-0.15, -0.1) is 0 Å². The summed E-state index contributed by atoms with van der Waals surface area (Å²) in [5, 5.41) is 15.2. The molecule has 3 heterocycles. The molecule has 0 aliphatic heterocycles. The molecule has 0 unspecified atom stereocenters. The molecule has 0 amide bonds. The summed E-state index contributed by atoms with van der Waals surface area (Å²) < 4.78 is 0. The summed E-state index contributed by atoms with van der Waals surface area (Å²) in [5.74, 6) is 0. The van der Waals surface area contributed by atoms with E-state index in [1.807, 2.05) is 48.5 Å². The number of pyridine rings is 3. The third kappa shape index (κ3) is 5.60. The van der Waals surface area contributed by atoms with E-state index in [-0.39, 0.29) is 32.7 Å². The van der Waals surface area contributed by atoms with Crippen LogP contribution in [0.1, 0.15) is 0 Å². The smallest absolute Gasteiger partial charge is 0.0980 e. The molecule has 0 aromatic carbocycles. The van der Waals surface area contributed by atoms with Crippen molar-refractivity contribution in [1.29, 1.82) is 0 Å². The number of aliphatic hydroxyl groups excluding tert-OH is 2. The minimum Gasteiger partial charge on any atom is -0.394 e. The van der Waals surface area contributed by atoms with E-state index in [2.05, 4.69) is 15.0 Å². The van der Waals surface area contributed by atoms with Crippen LogP contribution in [0.4, 0.5) is 0 Å². The molecule has 0 fully saturated rings. The first kappa shape index (κ1) is 19.0. The van der Waals surface area contributed by atoms with Gasteiger partial charge in [0.1, 0.15) is 0 Å². The van der Waals surface area contributed by atoms with Gasteiger partial charge in [-0.25, -0.2) is 0 Å². The molecule has 0 saturated carbocycles. The fourth-order valence-corrected chi connectivity index (χ4v) is 1.84. The molecule has 120 valence electrons. The van der Waals surface area contributed by atoms with Crippen LogP contribution in [0.25, 0.3) is 22.6 Å². The summed E-state index contributed by atoms with van der Waals surface area (Å²) in [6, 6.07) is 15.6. The van der Waals surface area contributed by atoms with Crippen molar-refractivity contribution in [3.63, 3.8) is 0 Å². The minimum atomic E-state index is -0.125. The van der Waals surface area contributed by atoms with Crippen molar-refractivity contribution in [2.45, 2.75) is 0 Å². The van der Waals surface area contributed by atoms with Gasteiger partial charge in [-0.2, -0.15) is 0 Å². The summed E-state index contributed by atoms with van der Waals surface area (Å²) in [4.78, 5) is 13.1. The van der Waals surface area contributed by atoms with Crippen molar-refractivity contribution in [3.8, 4) is 22.6 Å². The predicted molar refractivity (Wildman–Crippen MR) is 84.9 cm³/mol. The second-order valence-electron chi connectivity index (χ2n) is 4.28. The van der Waals surface area contributed by atoms with Crippen LogP contribution in [0.2, 0.25) is 0 Å². The third-order valence-corrected chi connectivity index (χ3v) is 2.76. The second-order valence-corrected chi connectivity index (χ2v) is 4.28. The van der Waals surface area contributed by atoms with Crippen molar-refractivity contribution < 1.29 is 29.7 Å². The molecule has 0 spiro atoms. The van der Waals surface area contributed by atoms with Crippen molar-refractivity contribution in [2.24, 2.45) is 0 Å². The molecule has 3 aromatic rings. The normalized spacial score (nSPS) is 9.30. The van der Waals surface area contributed by atoms with E-state index < -0.39 is 0 Å². The van der Waals surface area contributed by atoms with Crippen LogP contribution in [-0.2, 0) is 19.5 Å². The Hall–Kier alpha value is -2.01. The maximum atomic E-state index is 7.62. The zero-order valence-electron chi connectivity index (χ0n) is 12.4. The fourth-order valence-electron chi connectivity index (χ4n) is 1.84. The van der Waals surface area contributed by atoms with Gasteiger partial charge in [-0.1, -0.05) is 12.1 Å². The molecule has 0 bridgehead atoms. The molecule has 0 aliphatic rings. The van der Waals surface area contributed by atoms with Gasteiger partial charge < -0.3 is 10.2 Å². The maximum Gasteiger partial charge on any atom is 0.0980 e. The van der Waals surface area contributed by atoms with Gasteiger partial charge in [0.15, 0.2) is 0 Å². The summed E-state index contributed by atoms with van der Waals surface area (Å²) in [5.41, 5.74) is 3.62. The van der Waals surface area contributed by atoms with Crippen molar-refractivity contribution in [3.05, 3.63) is 67.1 Å². The topological polar surface area (TPSA) is 79.1 Å². The second kappa shape index (κ2) is 10.7. The Morgan fingerprint density at radius 3 is 1.74 bits per heavy atom. The molecule has 3 aromatic heterocycles. The van der Waals surface area contributed by atoms with Gasteiger partial charge in [0.05, 0.1) is 30.3 Å². The van der Waals surface area contributed by atoms with Crippen LogP contribution in [0.5, 0.6) is 0 Å². The van der Waals surface area contributed by atoms with Crippen molar-refractivity contribution >= 4 is 0 Å². The van der Waals surface area contributed by atoms with Crippen molar-refractivity contribution in [1.82, 2.24) is 15.0 Å². The van der Waals surface area contributed by atoms with E-state index in [1.54, 1.807) is 18.6 Å². The largest absolute Gasteiger partial charge is 0.394 e. The first-order valence-corrected chi connectivity index (χ1v) is 6.86. The Kier molecular flexibility index (Phi) is 8.84. The standard InChI is InChI=1S/C15H11N3.C2H6O2.Ru/c1-3-9-16-13(7-1)12-6-5-11-18-15(12)14-8-2-4-10-17-14;3-1-2-4;/h1-11H;3-4H,1-2H2;. The van der Waals surface area contributed by atoms with Gasteiger partial charge >= 0.3 is 0 Å². The Labute approximate surface area is 147 Å². The zero-order valence-corrected chi connectivity index (χ0v) is 14.1. The summed E-state index contributed by atoms with van der Waals surface area (Å²) in [6.45, 7) is -0.250. The van der Waals surface area contributed by atoms with E-state index in [4.69, 9.17) is 10.2 Å². The Balaban J connectivity index is 0.000000478. The molecular formula is C17H17N3O2Ru. The van der Waals surface area contributed by atoms with Crippen LogP contribution in [0.3, 0.4) is 0 Å². The number of aromatic nitrogens is 3.